The number of thioether (sulfide) groups is 1. The molecule has 1 rings (SSSR count). The zero-order valence-electron chi connectivity index (χ0n) is 14.3. The van der Waals surface area contributed by atoms with E-state index in [1.165, 1.54) is 64.2 Å². The number of rotatable bonds is 6. The Labute approximate surface area is 136 Å². The number of hydrogen-bond donors (Lipinski definition) is 2. The molecule has 2 nitrogen and oxygen atoms in total. The molecule has 3 atom stereocenters. The zero-order valence-corrected chi connectivity index (χ0v) is 15.1. The molecule has 0 spiro atoms. The predicted octanol–water partition coefficient (Wildman–Crippen LogP) is 4.75. The first-order valence-electron chi connectivity index (χ1n) is 9.27. The molecule has 0 saturated heterocycles. The number of hydrogen-bond acceptors (Lipinski definition) is 3. The molecule has 0 aromatic rings. The van der Waals surface area contributed by atoms with Crippen molar-refractivity contribution in [3.63, 3.8) is 0 Å². The fourth-order valence-electron chi connectivity index (χ4n) is 3.36. The maximum absolute atomic E-state index is 9.16. The summed E-state index contributed by atoms with van der Waals surface area (Å²) in [5.41, 5.74) is 0. The van der Waals surface area contributed by atoms with E-state index in [1.807, 2.05) is 0 Å². The third-order valence-corrected chi connectivity index (χ3v) is 6.23. The molecule has 1 saturated carbocycles. The lowest BCUT2D eigenvalue weighted by Gasteiger charge is -2.30. The van der Waals surface area contributed by atoms with Crippen LogP contribution in [-0.2, 0) is 0 Å². The molecule has 0 aromatic carbocycles. The fraction of sp³-hybridized carbons (Fsp3) is 1.00. The van der Waals surface area contributed by atoms with Gasteiger partial charge in [0.1, 0.15) is 0 Å². The SMILES string of the molecule is CCNC1CCCCCCCCCCC1SC(C)CCO. The van der Waals surface area contributed by atoms with Crippen LogP contribution in [-0.4, -0.2) is 34.8 Å². The van der Waals surface area contributed by atoms with Gasteiger partial charge in [0, 0.05) is 23.1 Å². The van der Waals surface area contributed by atoms with Gasteiger partial charge in [-0.1, -0.05) is 65.2 Å². The van der Waals surface area contributed by atoms with Crippen LogP contribution in [0, 0.1) is 0 Å². The summed E-state index contributed by atoms with van der Waals surface area (Å²) in [6.07, 6.45) is 14.9. The second kappa shape index (κ2) is 12.8. The molecule has 0 heterocycles. The molecule has 3 unspecified atom stereocenters. The van der Waals surface area contributed by atoms with Gasteiger partial charge < -0.3 is 10.4 Å². The van der Waals surface area contributed by atoms with E-state index in [2.05, 4.69) is 30.9 Å². The maximum atomic E-state index is 9.16. The van der Waals surface area contributed by atoms with Gasteiger partial charge in [0.2, 0.25) is 0 Å². The normalized spacial score (nSPS) is 27.6. The van der Waals surface area contributed by atoms with Crippen molar-refractivity contribution in [1.82, 2.24) is 5.32 Å². The molecular weight excluding hydrogens is 278 g/mol. The Bertz CT molecular complexity index is 237. The van der Waals surface area contributed by atoms with E-state index in [4.69, 9.17) is 5.11 Å². The topological polar surface area (TPSA) is 32.3 Å². The van der Waals surface area contributed by atoms with Crippen molar-refractivity contribution >= 4 is 11.8 Å². The third-order valence-electron chi connectivity index (χ3n) is 4.61. The highest BCUT2D eigenvalue weighted by Gasteiger charge is 2.23. The highest BCUT2D eigenvalue weighted by atomic mass is 32.2. The van der Waals surface area contributed by atoms with E-state index in [9.17, 15) is 0 Å². The first kappa shape index (κ1) is 19.3. The van der Waals surface area contributed by atoms with Crippen LogP contribution in [0.5, 0.6) is 0 Å². The lowest BCUT2D eigenvalue weighted by atomic mass is 9.97. The van der Waals surface area contributed by atoms with Crippen LogP contribution in [0.15, 0.2) is 0 Å². The second-order valence-corrected chi connectivity index (χ2v) is 8.25. The van der Waals surface area contributed by atoms with Gasteiger partial charge in [-0.05, 0) is 25.8 Å². The van der Waals surface area contributed by atoms with Gasteiger partial charge in [0.25, 0.3) is 0 Å². The minimum Gasteiger partial charge on any atom is -0.396 e. The van der Waals surface area contributed by atoms with Crippen molar-refractivity contribution < 1.29 is 5.11 Å². The Morgan fingerprint density at radius 1 is 1.00 bits per heavy atom. The van der Waals surface area contributed by atoms with E-state index in [0.717, 1.165) is 18.2 Å². The largest absolute Gasteiger partial charge is 0.396 e. The molecule has 0 bridgehead atoms. The van der Waals surface area contributed by atoms with Crippen LogP contribution in [0.4, 0.5) is 0 Å². The van der Waals surface area contributed by atoms with Crippen molar-refractivity contribution in [2.45, 2.75) is 101 Å². The second-order valence-electron chi connectivity index (χ2n) is 6.57. The maximum Gasteiger partial charge on any atom is 0.0441 e. The molecular formula is C18H37NOS. The van der Waals surface area contributed by atoms with Crippen molar-refractivity contribution in [1.29, 1.82) is 0 Å². The Morgan fingerprint density at radius 2 is 1.57 bits per heavy atom. The van der Waals surface area contributed by atoms with Crippen LogP contribution < -0.4 is 5.32 Å². The van der Waals surface area contributed by atoms with Crippen LogP contribution >= 0.6 is 11.8 Å². The van der Waals surface area contributed by atoms with Gasteiger partial charge >= 0.3 is 0 Å². The number of nitrogens with one attached hydrogen (secondary N) is 1. The van der Waals surface area contributed by atoms with Crippen LogP contribution in [0.3, 0.4) is 0 Å². The molecule has 0 aliphatic heterocycles. The lowest BCUT2D eigenvalue weighted by molar-refractivity contribution is 0.288. The summed E-state index contributed by atoms with van der Waals surface area (Å²) in [6, 6.07) is 0.667. The third kappa shape index (κ3) is 9.10. The summed E-state index contributed by atoms with van der Waals surface area (Å²) in [5.74, 6) is 0. The molecule has 0 aromatic heterocycles. The average Bonchev–Trinajstić information content (AvgIpc) is 2.45. The first-order chi connectivity index (χ1) is 10.3. The van der Waals surface area contributed by atoms with E-state index in [-0.39, 0.29) is 0 Å². The van der Waals surface area contributed by atoms with E-state index in [0.29, 0.717) is 17.9 Å². The van der Waals surface area contributed by atoms with E-state index < -0.39 is 0 Å². The summed E-state index contributed by atoms with van der Waals surface area (Å²) in [6.45, 7) is 5.91. The summed E-state index contributed by atoms with van der Waals surface area (Å²) >= 11 is 2.12. The molecule has 21 heavy (non-hydrogen) atoms. The van der Waals surface area contributed by atoms with Crippen LogP contribution in [0.2, 0.25) is 0 Å². The van der Waals surface area contributed by atoms with Crippen molar-refractivity contribution in [3.05, 3.63) is 0 Å². The van der Waals surface area contributed by atoms with Gasteiger partial charge in [-0.3, -0.25) is 0 Å². The Hall–Kier alpha value is 0.270. The molecule has 0 radical (unpaired) electrons. The quantitative estimate of drug-likeness (QED) is 0.742. The minimum absolute atomic E-state index is 0.326. The molecule has 1 fully saturated rings. The summed E-state index contributed by atoms with van der Waals surface area (Å²) < 4.78 is 0. The number of aliphatic hydroxyl groups excluding tert-OH is 1. The summed E-state index contributed by atoms with van der Waals surface area (Å²) in [7, 11) is 0. The molecule has 0 amide bonds. The summed E-state index contributed by atoms with van der Waals surface area (Å²) in [4.78, 5) is 0. The van der Waals surface area contributed by atoms with Gasteiger partial charge in [0.05, 0.1) is 0 Å². The molecule has 1 aliphatic rings. The highest BCUT2D eigenvalue weighted by molar-refractivity contribution is 8.00. The van der Waals surface area contributed by atoms with Crippen LogP contribution in [0.25, 0.3) is 0 Å². The van der Waals surface area contributed by atoms with Crippen LogP contribution in [0.1, 0.15) is 84.5 Å². The Kier molecular flexibility index (Phi) is 11.8. The van der Waals surface area contributed by atoms with Crippen molar-refractivity contribution in [2.75, 3.05) is 13.2 Å². The van der Waals surface area contributed by atoms with Gasteiger partial charge in [-0.2, -0.15) is 11.8 Å². The molecule has 3 heteroatoms. The van der Waals surface area contributed by atoms with E-state index >= 15 is 0 Å². The Morgan fingerprint density at radius 3 is 2.14 bits per heavy atom. The van der Waals surface area contributed by atoms with Gasteiger partial charge in [-0.25, -0.2) is 0 Å². The first-order valence-corrected chi connectivity index (χ1v) is 10.2. The molecule has 2 N–H and O–H groups in total. The van der Waals surface area contributed by atoms with Crippen molar-refractivity contribution in [2.24, 2.45) is 0 Å². The average molecular weight is 316 g/mol. The Balaban J connectivity index is 2.56. The van der Waals surface area contributed by atoms with Gasteiger partial charge in [0.15, 0.2) is 0 Å². The van der Waals surface area contributed by atoms with Gasteiger partial charge in [-0.15, -0.1) is 0 Å². The van der Waals surface area contributed by atoms with E-state index in [1.54, 1.807) is 0 Å². The summed E-state index contributed by atoms with van der Waals surface area (Å²) in [5, 5.41) is 14.2. The molecule has 126 valence electrons. The predicted molar refractivity (Wildman–Crippen MR) is 96.2 cm³/mol. The standard InChI is InChI=1S/C18H37NOS/c1-3-19-17-12-10-8-6-4-5-7-9-11-13-18(17)21-16(2)14-15-20/h16-20H,3-15H2,1-2H3. The lowest BCUT2D eigenvalue weighted by Crippen LogP contribution is -2.39. The highest BCUT2D eigenvalue weighted by Crippen LogP contribution is 2.30. The minimum atomic E-state index is 0.326. The number of aliphatic hydroxyl groups is 1. The molecule has 1 aliphatic carbocycles. The smallest absolute Gasteiger partial charge is 0.0441 e. The van der Waals surface area contributed by atoms with Crippen molar-refractivity contribution in [3.8, 4) is 0 Å². The monoisotopic (exact) mass is 315 g/mol. The zero-order chi connectivity index (χ0) is 15.3. The fourth-order valence-corrected chi connectivity index (χ4v) is 4.93.